The number of halogens is 2. The number of hydrogen-bond acceptors (Lipinski definition) is 7. The molecule has 3 N–H and O–H groups in total. The lowest BCUT2D eigenvalue weighted by Crippen LogP contribution is -2.38. The molecule has 8 nitrogen and oxygen atoms in total. The lowest BCUT2D eigenvalue weighted by Gasteiger charge is -2.31. The van der Waals surface area contributed by atoms with Crippen molar-refractivity contribution in [2.24, 2.45) is 0 Å². The van der Waals surface area contributed by atoms with Crippen molar-refractivity contribution in [1.82, 2.24) is 25.0 Å². The van der Waals surface area contributed by atoms with Gasteiger partial charge in [0.1, 0.15) is 23.4 Å². The van der Waals surface area contributed by atoms with Crippen LogP contribution in [0.1, 0.15) is 42.9 Å². The summed E-state index contributed by atoms with van der Waals surface area (Å²) >= 11 is 0. The highest BCUT2D eigenvalue weighted by Crippen LogP contribution is 2.30. The number of alkyl halides is 2. The predicted molar refractivity (Wildman–Crippen MR) is 105 cm³/mol. The molecule has 0 aliphatic heterocycles. The third-order valence-electron chi connectivity index (χ3n) is 5.16. The Morgan fingerprint density at radius 3 is 2.77 bits per heavy atom. The smallest absolute Gasteiger partial charge is 0.264 e. The van der Waals surface area contributed by atoms with Crippen molar-refractivity contribution < 1.29 is 19.0 Å². The molecule has 1 aliphatic carbocycles. The largest absolute Gasteiger partial charge is 0.390 e. The van der Waals surface area contributed by atoms with Crippen LogP contribution in [0.2, 0.25) is 0 Å². The Kier molecular flexibility index (Phi) is 5.69. The van der Waals surface area contributed by atoms with E-state index in [1.165, 1.54) is 18.3 Å². The second-order valence-electron chi connectivity index (χ2n) is 7.46. The van der Waals surface area contributed by atoms with Gasteiger partial charge in [-0.15, -0.1) is 5.10 Å². The molecule has 0 amide bonds. The fourth-order valence-electron chi connectivity index (χ4n) is 3.62. The molecule has 4 rings (SSSR count). The molecule has 1 aliphatic rings. The molecule has 0 aromatic carbocycles. The van der Waals surface area contributed by atoms with Crippen molar-refractivity contribution in [2.45, 2.75) is 50.9 Å². The summed E-state index contributed by atoms with van der Waals surface area (Å²) in [4.78, 5) is 8.56. The summed E-state index contributed by atoms with van der Waals surface area (Å²) < 4.78 is 27.4. The first-order valence-corrected chi connectivity index (χ1v) is 9.69. The van der Waals surface area contributed by atoms with Gasteiger partial charge in [-0.2, -0.15) is 0 Å². The third kappa shape index (κ3) is 4.29. The summed E-state index contributed by atoms with van der Waals surface area (Å²) in [5.41, 5.74) is 1.80. The monoisotopic (exact) mass is 416 g/mol. The molecule has 30 heavy (non-hydrogen) atoms. The lowest BCUT2D eigenvalue weighted by molar-refractivity contribution is -0.0429. The molecule has 0 radical (unpaired) electrons. The van der Waals surface area contributed by atoms with Gasteiger partial charge in [-0.25, -0.2) is 23.4 Å². The van der Waals surface area contributed by atoms with Crippen LogP contribution in [0.3, 0.4) is 0 Å². The van der Waals surface area contributed by atoms with E-state index in [2.05, 4.69) is 25.6 Å². The maximum absolute atomic E-state index is 12.9. The number of anilines is 2. The standard InChI is InChI=1S/C20H22F2N6O2/c1-11-7-13(14-10-28(27-26-14)15-3-2-4-16(29)19(15)30)24-18(8-11)25-17-9-12(20(21)22)5-6-23-17/h5-10,15-16,19-20,29-30H,2-4H2,1H3,(H,23,24,25). The number of aromatic nitrogens is 5. The predicted octanol–water partition coefficient (Wildman–Crippen LogP) is 3.17. The highest BCUT2D eigenvalue weighted by molar-refractivity contribution is 5.61. The number of rotatable bonds is 5. The average molecular weight is 416 g/mol. The fraction of sp³-hybridized carbons (Fsp3) is 0.400. The Morgan fingerprint density at radius 1 is 1.13 bits per heavy atom. The van der Waals surface area contributed by atoms with E-state index in [0.29, 0.717) is 30.0 Å². The molecule has 3 atom stereocenters. The topological polar surface area (TPSA) is 109 Å². The Bertz CT molecular complexity index is 1030. The number of aryl methyl sites for hydroxylation is 1. The van der Waals surface area contributed by atoms with Crippen LogP contribution in [0, 0.1) is 6.92 Å². The maximum Gasteiger partial charge on any atom is 0.264 e. The van der Waals surface area contributed by atoms with Crippen LogP contribution in [-0.2, 0) is 0 Å². The molecule has 3 aromatic heterocycles. The first-order valence-electron chi connectivity index (χ1n) is 9.69. The minimum atomic E-state index is -2.58. The first-order chi connectivity index (χ1) is 14.4. The number of aliphatic hydroxyl groups excluding tert-OH is 2. The van der Waals surface area contributed by atoms with Crippen LogP contribution >= 0.6 is 0 Å². The molecule has 1 saturated carbocycles. The van der Waals surface area contributed by atoms with Crippen molar-refractivity contribution >= 4 is 11.6 Å². The molecular formula is C20H22F2N6O2. The summed E-state index contributed by atoms with van der Waals surface area (Å²) in [6, 6.07) is 5.79. The molecule has 3 heterocycles. The molecule has 0 saturated heterocycles. The minimum Gasteiger partial charge on any atom is -0.390 e. The van der Waals surface area contributed by atoms with Crippen molar-refractivity contribution in [3.8, 4) is 11.4 Å². The molecule has 10 heteroatoms. The number of pyridine rings is 2. The Hall–Kier alpha value is -2.98. The molecule has 0 spiro atoms. The minimum absolute atomic E-state index is 0.128. The van der Waals surface area contributed by atoms with Crippen LogP contribution < -0.4 is 5.32 Å². The second kappa shape index (κ2) is 8.41. The Morgan fingerprint density at radius 2 is 1.97 bits per heavy atom. The van der Waals surface area contributed by atoms with E-state index < -0.39 is 18.6 Å². The average Bonchev–Trinajstić information content (AvgIpc) is 3.20. The highest BCUT2D eigenvalue weighted by Gasteiger charge is 2.32. The van der Waals surface area contributed by atoms with Crippen LogP contribution in [0.25, 0.3) is 11.4 Å². The van der Waals surface area contributed by atoms with Crippen LogP contribution in [0.5, 0.6) is 0 Å². The highest BCUT2D eigenvalue weighted by atomic mass is 19.3. The SMILES string of the molecule is Cc1cc(Nc2cc(C(F)F)ccn2)nc(-c2cn(C3CCCC(O)C3O)nn2)c1. The third-order valence-corrected chi connectivity index (χ3v) is 5.16. The molecule has 1 fully saturated rings. The molecule has 158 valence electrons. The lowest BCUT2D eigenvalue weighted by atomic mass is 9.90. The molecular weight excluding hydrogens is 394 g/mol. The van der Waals surface area contributed by atoms with Gasteiger partial charge in [-0.3, -0.25) is 0 Å². The summed E-state index contributed by atoms with van der Waals surface area (Å²) in [5, 5.41) is 31.4. The second-order valence-corrected chi connectivity index (χ2v) is 7.46. The summed E-state index contributed by atoms with van der Waals surface area (Å²) in [6.07, 6.45) is 0.793. The van der Waals surface area contributed by atoms with Gasteiger partial charge >= 0.3 is 0 Å². The zero-order chi connectivity index (χ0) is 21.3. The van der Waals surface area contributed by atoms with Gasteiger partial charge in [-0.1, -0.05) is 5.21 Å². The van der Waals surface area contributed by atoms with Crippen LogP contribution in [-0.4, -0.2) is 47.4 Å². The van der Waals surface area contributed by atoms with Gasteiger partial charge in [0.25, 0.3) is 6.43 Å². The van der Waals surface area contributed by atoms with Crippen molar-refractivity contribution in [2.75, 3.05) is 5.32 Å². The van der Waals surface area contributed by atoms with Gasteiger partial charge in [0.2, 0.25) is 0 Å². The van der Waals surface area contributed by atoms with E-state index in [1.54, 1.807) is 16.9 Å². The summed E-state index contributed by atoms with van der Waals surface area (Å²) in [5.74, 6) is 0.700. The van der Waals surface area contributed by atoms with Crippen molar-refractivity contribution in [3.63, 3.8) is 0 Å². The number of hydrogen-bond donors (Lipinski definition) is 3. The Labute approximate surface area is 171 Å². The molecule has 3 unspecified atom stereocenters. The molecule has 3 aromatic rings. The number of aliphatic hydroxyl groups is 2. The first kappa shape index (κ1) is 20.3. The quantitative estimate of drug-likeness (QED) is 0.586. The van der Waals surface area contributed by atoms with E-state index >= 15 is 0 Å². The van der Waals surface area contributed by atoms with E-state index in [1.807, 2.05) is 13.0 Å². The van der Waals surface area contributed by atoms with E-state index in [0.717, 1.165) is 12.0 Å². The van der Waals surface area contributed by atoms with E-state index in [9.17, 15) is 19.0 Å². The number of nitrogens with one attached hydrogen (secondary N) is 1. The zero-order valence-electron chi connectivity index (χ0n) is 16.3. The zero-order valence-corrected chi connectivity index (χ0v) is 16.3. The van der Waals surface area contributed by atoms with Gasteiger partial charge < -0.3 is 15.5 Å². The van der Waals surface area contributed by atoms with Gasteiger partial charge in [0, 0.05) is 11.8 Å². The normalized spacial score (nSPS) is 21.7. The van der Waals surface area contributed by atoms with Crippen molar-refractivity contribution in [3.05, 3.63) is 47.8 Å². The van der Waals surface area contributed by atoms with Crippen LogP contribution in [0.15, 0.2) is 36.7 Å². The van der Waals surface area contributed by atoms with Crippen LogP contribution in [0.4, 0.5) is 20.4 Å². The summed E-state index contributed by atoms with van der Waals surface area (Å²) in [7, 11) is 0. The van der Waals surface area contributed by atoms with E-state index in [4.69, 9.17) is 0 Å². The van der Waals surface area contributed by atoms with E-state index in [-0.39, 0.29) is 17.4 Å². The van der Waals surface area contributed by atoms with Gasteiger partial charge in [-0.05, 0) is 56.0 Å². The van der Waals surface area contributed by atoms with Gasteiger partial charge in [0.15, 0.2) is 0 Å². The van der Waals surface area contributed by atoms with Gasteiger partial charge in [0.05, 0.1) is 24.0 Å². The molecule has 0 bridgehead atoms. The maximum atomic E-state index is 12.9. The number of nitrogens with zero attached hydrogens (tertiary/aromatic N) is 5. The fourth-order valence-corrected chi connectivity index (χ4v) is 3.62. The summed E-state index contributed by atoms with van der Waals surface area (Å²) in [6.45, 7) is 1.88. The Balaban J connectivity index is 1.58. The van der Waals surface area contributed by atoms with Crippen molar-refractivity contribution in [1.29, 1.82) is 0 Å².